The van der Waals surface area contributed by atoms with Crippen molar-refractivity contribution in [3.8, 4) is 0 Å². The van der Waals surface area contributed by atoms with E-state index >= 15 is 0 Å². The first-order valence-electron chi connectivity index (χ1n) is 4.90. The second-order valence-corrected chi connectivity index (χ2v) is 6.54. The molecule has 0 aliphatic rings. The van der Waals surface area contributed by atoms with Gasteiger partial charge in [0.25, 0.3) is 0 Å². The van der Waals surface area contributed by atoms with E-state index in [0.717, 1.165) is 16.6 Å². The van der Waals surface area contributed by atoms with Gasteiger partial charge in [0.1, 0.15) is 0 Å². The highest BCUT2D eigenvalue weighted by Crippen LogP contribution is 2.06. The van der Waals surface area contributed by atoms with Gasteiger partial charge in [0.05, 0.1) is 0 Å². The van der Waals surface area contributed by atoms with Crippen LogP contribution in [0.1, 0.15) is 45.4 Å². The standard InChI is InChI=1S/C8H17.2Al.O.3H/c1-3-5-7-8-6-4-2;;;;;;/h1,3-8H2,2H3;;;;;;. The van der Waals surface area contributed by atoms with Gasteiger partial charge in [-0.25, -0.2) is 0 Å². The Balaban J connectivity index is 2.69. The van der Waals surface area contributed by atoms with Crippen LogP contribution in [0.2, 0.25) is 5.28 Å². The maximum Gasteiger partial charge on any atom is 0.404 e. The van der Waals surface area contributed by atoms with E-state index in [0.29, 0.717) is 0 Å². The van der Waals surface area contributed by atoms with E-state index in [1.54, 1.807) is 0 Å². The molecule has 0 bridgehead atoms. The summed E-state index contributed by atoms with van der Waals surface area (Å²) < 4.78 is 5.25. The SMILES string of the molecule is CCCCCCC[CH2][AlH][O][AlH2]. The zero-order chi connectivity index (χ0) is 8.36. The predicted molar refractivity (Wildman–Crippen MR) is 55.0 cm³/mol. The Morgan fingerprint density at radius 3 is 2.36 bits per heavy atom. The predicted octanol–water partition coefficient (Wildman–Crippen LogP) is 1.68. The largest absolute Gasteiger partial charge is 0.644 e. The van der Waals surface area contributed by atoms with Gasteiger partial charge in [-0.05, 0) is 0 Å². The third-order valence-electron chi connectivity index (χ3n) is 1.95. The Labute approximate surface area is 85.7 Å². The van der Waals surface area contributed by atoms with Crippen molar-refractivity contribution in [2.24, 2.45) is 0 Å². The first-order chi connectivity index (χ1) is 5.41. The van der Waals surface area contributed by atoms with Crippen molar-refractivity contribution in [3.63, 3.8) is 0 Å². The zero-order valence-electron chi connectivity index (χ0n) is 8.07. The minimum atomic E-state index is -0.0560. The number of hydrogen-bond donors (Lipinski definition) is 0. The number of rotatable bonds is 8. The molecule has 64 valence electrons. The third-order valence-corrected chi connectivity index (χ3v) is 4.37. The van der Waals surface area contributed by atoms with Gasteiger partial charge >= 0.3 is 32.2 Å². The highest BCUT2D eigenvalue weighted by Gasteiger charge is 1.92. The summed E-state index contributed by atoms with van der Waals surface area (Å²) in [5, 5.41) is 1.41. The van der Waals surface area contributed by atoms with Crippen molar-refractivity contribution >= 4 is 32.2 Å². The molecule has 0 amide bonds. The van der Waals surface area contributed by atoms with Gasteiger partial charge in [-0.15, -0.1) is 0 Å². The molecule has 0 heterocycles. The summed E-state index contributed by atoms with van der Waals surface area (Å²) in [7, 11) is 0. The first kappa shape index (κ1) is 12.0. The van der Waals surface area contributed by atoms with E-state index in [1.165, 1.54) is 43.8 Å². The average Bonchev–Trinajstić information content (AvgIpc) is 2.03. The molecule has 11 heavy (non-hydrogen) atoms. The molecule has 0 N–H and O–H groups in total. The summed E-state index contributed by atoms with van der Waals surface area (Å²) in [5.74, 6) is 0. The topological polar surface area (TPSA) is 9.23 Å². The van der Waals surface area contributed by atoms with Crippen molar-refractivity contribution in [1.82, 2.24) is 0 Å². The van der Waals surface area contributed by atoms with Crippen molar-refractivity contribution in [2.75, 3.05) is 0 Å². The van der Waals surface area contributed by atoms with E-state index in [-0.39, 0.29) is 15.6 Å². The van der Waals surface area contributed by atoms with Crippen LogP contribution >= 0.6 is 0 Å². The van der Waals surface area contributed by atoms with Gasteiger partial charge in [-0.2, -0.15) is 0 Å². The summed E-state index contributed by atoms with van der Waals surface area (Å²) in [6.45, 7) is 2.27. The summed E-state index contributed by atoms with van der Waals surface area (Å²) >= 11 is 0.915. The summed E-state index contributed by atoms with van der Waals surface area (Å²) in [5.41, 5.74) is 0. The van der Waals surface area contributed by atoms with Crippen LogP contribution in [0.5, 0.6) is 0 Å². The van der Waals surface area contributed by atoms with Crippen molar-refractivity contribution < 1.29 is 2.84 Å². The highest BCUT2D eigenvalue weighted by molar-refractivity contribution is 6.34. The lowest BCUT2D eigenvalue weighted by molar-refractivity contribution is 0.608. The van der Waals surface area contributed by atoms with Crippen LogP contribution in [-0.2, 0) is 2.84 Å². The van der Waals surface area contributed by atoms with Crippen molar-refractivity contribution in [3.05, 3.63) is 0 Å². The molecule has 0 aromatic carbocycles. The molecule has 0 aromatic rings. The Kier molecular flexibility index (Phi) is 12.1. The molecule has 0 unspecified atom stereocenters. The smallest absolute Gasteiger partial charge is 0.404 e. The molecule has 3 heteroatoms. The molecule has 0 saturated carbocycles. The van der Waals surface area contributed by atoms with Gasteiger partial charge in [0.2, 0.25) is 0 Å². The van der Waals surface area contributed by atoms with Crippen LogP contribution in [0.3, 0.4) is 0 Å². The first-order valence-corrected chi connectivity index (χ1v) is 7.30. The van der Waals surface area contributed by atoms with E-state index in [9.17, 15) is 0 Å². The van der Waals surface area contributed by atoms with Gasteiger partial charge in [0, 0.05) is 0 Å². The van der Waals surface area contributed by atoms with Gasteiger partial charge in [0.15, 0.2) is 0 Å². The molecule has 0 rings (SSSR count). The fourth-order valence-corrected chi connectivity index (χ4v) is 2.92. The Morgan fingerprint density at radius 2 is 1.73 bits per heavy atom. The Morgan fingerprint density at radius 1 is 1.09 bits per heavy atom. The lowest BCUT2D eigenvalue weighted by Gasteiger charge is -1.98. The van der Waals surface area contributed by atoms with Crippen LogP contribution in [-0.4, -0.2) is 32.2 Å². The van der Waals surface area contributed by atoms with Crippen LogP contribution in [0.25, 0.3) is 0 Å². The van der Waals surface area contributed by atoms with E-state index in [1.807, 2.05) is 0 Å². The van der Waals surface area contributed by atoms with Crippen molar-refractivity contribution in [1.29, 1.82) is 0 Å². The zero-order valence-corrected chi connectivity index (χ0v) is 11.5. The maximum absolute atomic E-state index is 5.25. The Hall–Kier alpha value is 1.02. The molecular formula is C8H20Al2O. The summed E-state index contributed by atoms with van der Waals surface area (Å²) in [4.78, 5) is 0. The average molecular weight is 186 g/mol. The molecule has 0 spiro atoms. The number of hydrogen-bond acceptors (Lipinski definition) is 1. The van der Waals surface area contributed by atoms with E-state index in [4.69, 9.17) is 2.84 Å². The third kappa shape index (κ3) is 11.0. The van der Waals surface area contributed by atoms with Crippen LogP contribution < -0.4 is 0 Å². The normalized spacial score (nSPS) is 9.91. The van der Waals surface area contributed by atoms with Crippen LogP contribution in [0.15, 0.2) is 0 Å². The minimum absolute atomic E-state index is 0.0560. The molecule has 1 nitrogen and oxygen atoms in total. The quantitative estimate of drug-likeness (QED) is 0.414. The van der Waals surface area contributed by atoms with Gasteiger partial charge in [-0.1, -0.05) is 50.7 Å². The van der Waals surface area contributed by atoms with Gasteiger partial charge < -0.3 is 2.84 Å². The monoisotopic (exact) mass is 186 g/mol. The maximum atomic E-state index is 5.25. The second kappa shape index (κ2) is 11.0. The molecule has 0 fully saturated rings. The highest BCUT2D eigenvalue weighted by atomic mass is 27.2. The van der Waals surface area contributed by atoms with Crippen molar-refractivity contribution in [2.45, 2.75) is 50.7 Å². The molecule has 0 aliphatic heterocycles. The van der Waals surface area contributed by atoms with E-state index < -0.39 is 0 Å². The molecular weight excluding hydrogens is 166 g/mol. The minimum Gasteiger partial charge on any atom is -0.644 e. The lowest BCUT2D eigenvalue weighted by atomic mass is 10.1. The van der Waals surface area contributed by atoms with E-state index in [2.05, 4.69) is 6.92 Å². The molecule has 0 aromatic heterocycles. The second-order valence-electron chi connectivity index (χ2n) is 3.11. The molecule has 0 aliphatic carbocycles. The Bertz CT molecular complexity index is 61.1. The lowest BCUT2D eigenvalue weighted by Crippen LogP contribution is -1.93. The molecule has 0 radical (unpaired) electrons. The summed E-state index contributed by atoms with van der Waals surface area (Å²) in [6, 6.07) is 0. The van der Waals surface area contributed by atoms with Crippen LogP contribution in [0.4, 0.5) is 0 Å². The van der Waals surface area contributed by atoms with Crippen LogP contribution in [0, 0.1) is 0 Å². The molecule has 0 saturated heterocycles. The summed E-state index contributed by atoms with van der Waals surface area (Å²) in [6.07, 6.45) is 8.55. The number of unbranched alkanes of at least 4 members (excludes halogenated alkanes) is 5. The fraction of sp³-hybridized carbons (Fsp3) is 1.00. The fourth-order valence-electron chi connectivity index (χ4n) is 1.20. The molecule has 0 atom stereocenters. The van der Waals surface area contributed by atoms with Gasteiger partial charge in [-0.3, -0.25) is 0 Å².